The third kappa shape index (κ3) is 3.96. The number of aromatic nitrogens is 2. The van der Waals surface area contributed by atoms with Crippen molar-refractivity contribution in [3.63, 3.8) is 0 Å². The highest BCUT2D eigenvalue weighted by atomic mass is 79.9. The fraction of sp³-hybridized carbons (Fsp3) is 0.0476. The van der Waals surface area contributed by atoms with Gasteiger partial charge in [-0.05, 0) is 48.5 Å². The molecule has 6 heteroatoms. The molecule has 4 aromatic rings. The van der Waals surface area contributed by atoms with Gasteiger partial charge in [0.2, 0.25) is 5.91 Å². The molecule has 0 bridgehead atoms. The number of hydrogen-bond donors (Lipinski definition) is 1. The molecule has 1 aromatic heterocycles. The number of anilines is 1. The van der Waals surface area contributed by atoms with Crippen LogP contribution in [0.25, 0.3) is 22.4 Å². The highest BCUT2D eigenvalue weighted by Gasteiger charge is 2.15. The lowest BCUT2D eigenvalue weighted by molar-refractivity contribution is -0.116. The fourth-order valence-electron chi connectivity index (χ4n) is 2.93. The normalized spacial score (nSPS) is 10.9. The minimum atomic E-state index is -0.0983. The number of benzene rings is 3. The molecule has 3 aromatic carbocycles. The highest BCUT2D eigenvalue weighted by Crippen LogP contribution is 2.26. The molecule has 4 rings (SSSR count). The second-order valence-electron chi connectivity index (χ2n) is 6.07. The summed E-state index contributed by atoms with van der Waals surface area (Å²) in [7, 11) is 0. The molecule has 27 heavy (non-hydrogen) atoms. The van der Waals surface area contributed by atoms with Gasteiger partial charge in [0, 0.05) is 20.2 Å². The maximum atomic E-state index is 12.7. The number of hydrogen-bond acceptors (Lipinski definition) is 2. The molecule has 0 aliphatic heterocycles. The Hall–Kier alpha value is -2.44. The number of halogens is 2. The summed E-state index contributed by atoms with van der Waals surface area (Å²) in [5, 5.41) is 2.94. The first-order valence-corrected chi connectivity index (χ1v) is 9.95. The van der Waals surface area contributed by atoms with Gasteiger partial charge < -0.3 is 9.88 Å². The Morgan fingerprint density at radius 2 is 1.52 bits per heavy atom. The predicted octanol–water partition coefficient (Wildman–Crippen LogP) is 5.87. The number of carbonyl (C=O) groups is 1. The zero-order chi connectivity index (χ0) is 18.8. The molecule has 0 unspecified atom stereocenters. The Morgan fingerprint density at radius 3 is 2.22 bits per heavy atom. The van der Waals surface area contributed by atoms with E-state index in [1.54, 1.807) is 0 Å². The van der Waals surface area contributed by atoms with Crippen molar-refractivity contribution in [1.29, 1.82) is 0 Å². The van der Waals surface area contributed by atoms with E-state index in [2.05, 4.69) is 37.2 Å². The third-order valence-corrected chi connectivity index (χ3v) is 5.24. The molecule has 1 amide bonds. The van der Waals surface area contributed by atoms with Crippen molar-refractivity contribution >= 4 is 54.5 Å². The molecule has 0 fully saturated rings. The van der Waals surface area contributed by atoms with Crippen molar-refractivity contribution < 1.29 is 4.79 Å². The molecular formula is C21H15Br2N3O. The number of carbonyl (C=O) groups excluding carboxylic acids is 1. The fourth-order valence-corrected chi connectivity index (χ4v) is 3.46. The number of rotatable bonds is 4. The molecule has 4 nitrogen and oxygen atoms in total. The number of nitrogens with one attached hydrogen (secondary N) is 1. The van der Waals surface area contributed by atoms with Gasteiger partial charge in [0.1, 0.15) is 12.4 Å². The smallest absolute Gasteiger partial charge is 0.244 e. The van der Waals surface area contributed by atoms with Crippen LogP contribution in [0, 0.1) is 0 Å². The Morgan fingerprint density at radius 1 is 0.889 bits per heavy atom. The molecule has 134 valence electrons. The third-order valence-electron chi connectivity index (χ3n) is 4.19. The molecule has 1 heterocycles. The van der Waals surface area contributed by atoms with E-state index in [1.807, 2.05) is 77.4 Å². The topological polar surface area (TPSA) is 46.9 Å². The van der Waals surface area contributed by atoms with E-state index >= 15 is 0 Å². The summed E-state index contributed by atoms with van der Waals surface area (Å²) >= 11 is 6.86. The number of nitrogens with zero attached hydrogens (tertiary/aromatic N) is 2. The van der Waals surface area contributed by atoms with E-state index in [9.17, 15) is 4.79 Å². The van der Waals surface area contributed by atoms with Crippen LogP contribution in [0.15, 0.2) is 81.7 Å². The summed E-state index contributed by atoms with van der Waals surface area (Å²) in [6, 6.07) is 23.3. The van der Waals surface area contributed by atoms with Gasteiger partial charge in [0.25, 0.3) is 0 Å². The molecule has 1 N–H and O–H groups in total. The second-order valence-corrected chi connectivity index (χ2v) is 7.90. The maximum Gasteiger partial charge on any atom is 0.244 e. The van der Waals surface area contributed by atoms with Gasteiger partial charge in [0.15, 0.2) is 0 Å². The summed E-state index contributed by atoms with van der Waals surface area (Å²) in [5.74, 6) is 0.675. The molecule has 0 spiro atoms. The van der Waals surface area contributed by atoms with Crippen molar-refractivity contribution in [3.8, 4) is 11.4 Å². The summed E-state index contributed by atoms with van der Waals surface area (Å²) in [4.78, 5) is 17.4. The van der Waals surface area contributed by atoms with Crippen molar-refractivity contribution in [3.05, 3.63) is 81.7 Å². The summed E-state index contributed by atoms with van der Waals surface area (Å²) in [6.07, 6.45) is 0. The van der Waals surface area contributed by atoms with E-state index in [4.69, 9.17) is 4.98 Å². The molecule has 0 aliphatic carbocycles. The van der Waals surface area contributed by atoms with Crippen molar-refractivity contribution in [2.24, 2.45) is 0 Å². The molecule has 0 saturated carbocycles. The molecule has 0 saturated heterocycles. The largest absolute Gasteiger partial charge is 0.325 e. The van der Waals surface area contributed by atoms with E-state index in [1.165, 1.54) is 0 Å². The minimum absolute atomic E-state index is 0.0983. The summed E-state index contributed by atoms with van der Waals surface area (Å²) < 4.78 is 3.92. The maximum absolute atomic E-state index is 12.7. The zero-order valence-corrected chi connectivity index (χ0v) is 17.4. The van der Waals surface area contributed by atoms with E-state index in [0.29, 0.717) is 0 Å². The molecular weight excluding hydrogens is 470 g/mol. The van der Waals surface area contributed by atoms with Crippen molar-refractivity contribution in [2.45, 2.75) is 6.54 Å². The van der Waals surface area contributed by atoms with E-state index < -0.39 is 0 Å². The van der Waals surface area contributed by atoms with Gasteiger partial charge in [-0.1, -0.05) is 56.1 Å². The molecule has 0 radical (unpaired) electrons. The average molecular weight is 485 g/mol. The molecule has 0 atom stereocenters. The van der Waals surface area contributed by atoms with Crippen LogP contribution in [0.1, 0.15) is 0 Å². The number of amides is 1. The first-order valence-electron chi connectivity index (χ1n) is 8.37. The van der Waals surface area contributed by atoms with Gasteiger partial charge in [-0.3, -0.25) is 4.79 Å². The van der Waals surface area contributed by atoms with Gasteiger partial charge in [0.05, 0.1) is 11.0 Å². The standard InChI is InChI=1S/C21H15Br2N3O/c22-15-7-5-14(6-8-15)21-25-18-3-1-2-4-19(18)26(21)13-20(27)24-17-11-9-16(23)10-12-17/h1-12H,13H2,(H,24,27). The zero-order valence-electron chi connectivity index (χ0n) is 14.2. The van der Waals surface area contributed by atoms with Crippen LogP contribution in [0.4, 0.5) is 5.69 Å². The lowest BCUT2D eigenvalue weighted by Crippen LogP contribution is -2.19. The van der Waals surface area contributed by atoms with Gasteiger partial charge >= 0.3 is 0 Å². The Kier molecular flexibility index (Phi) is 5.09. The lowest BCUT2D eigenvalue weighted by Gasteiger charge is -2.10. The Bertz CT molecular complexity index is 1100. The van der Waals surface area contributed by atoms with Crippen molar-refractivity contribution in [2.75, 3.05) is 5.32 Å². The van der Waals surface area contributed by atoms with Crippen LogP contribution >= 0.6 is 31.9 Å². The van der Waals surface area contributed by atoms with Crippen LogP contribution in [-0.2, 0) is 11.3 Å². The van der Waals surface area contributed by atoms with Crippen LogP contribution in [0.5, 0.6) is 0 Å². The average Bonchev–Trinajstić information content (AvgIpc) is 3.03. The summed E-state index contributed by atoms with van der Waals surface area (Å²) in [6.45, 7) is 0.183. The number of imidazole rings is 1. The van der Waals surface area contributed by atoms with Gasteiger partial charge in [-0.2, -0.15) is 0 Å². The first kappa shape index (κ1) is 17.9. The predicted molar refractivity (Wildman–Crippen MR) is 116 cm³/mol. The van der Waals surface area contributed by atoms with Crippen LogP contribution in [-0.4, -0.2) is 15.5 Å². The highest BCUT2D eigenvalue weighted by molar-refractivity contribution is 9.10. The van der Waals surface area contributed by atoms with Crippen LogP contribution < -0.4 is 5.32 Å². The first-order chi connectivity index (χ1) is 13.1. The molecule has 0 aliphatic rings. The van der Waals surface area contributed by atoms with E-state index in [-0.39, 0.29) is 12.5 Å². The van der Waals surface area contributed by atoms with Crippen LogP contribution in [0.2, 0.25) is 0 Å². The minimum Gasteiger partial charge on any atom is -0.325 e. The van der Waals surface area contributed by atoms with E-state index in [0.717, 1.165) is 37.1 Å². The Balaban J connectivity index is 1.69. The Labute approximate surface area is 173 Å². The van der Waals surface area contributed by atoms with Gasteiger partial charge in [-0.15, -0.1) is 0 Å². The second kappa shape index (κ2) is 7.66. The monoisotopic (exact) mass is 483 g/mol. The lowest BCUT2D eigenvalue weighted by atomic mass is 10.2. The van der Waals surface area contributed by atoms with Crippen LogP contribution in [0.3, 0.4) is 0 Å². The van der Waals surface area contributed by atoms with Gasteiger partial charge in [-0.25, -0.2) is 4.98 Å². The SMILES string of the molecule is O=C(Cn1c(-c2ccc(Br)cc2)nc2ccccc21)Nc1ccc(Br)cc1. The summed E-state index contributed by atoms with van der Waals surface area (Å²) in [5.41, 5.74) is 3.52. The quantitative estimate of drug-likeness (QED) is 0.394. The number of fused-ring (bicyclic) bond motifs is 1. The number of para-hydroxylation sites is 2. The van der Waals surface area contributed by atoms with Crippen molar-refractivity contribution in [1.82, 2.24) is 9.55 Å².